The molecule has 2 aromatic rings. The fraction of sp³-hybridized carbons (Fsp3) is 0.478. The number of thioether (sulfide) groups is 1. The van der Waals surface area contributed by atoms with Gasteiger partial charge in [-0.05, 0) is 31.4 Å². The summed E-state index contributed by atoms with van der Waals surface area (Å²) in [5.41, 5.74) is 1.80. The standard InChI is InChI=1S/C23H23N3O4S/c27-18-11-23(30-19-7-2-1-4-16(18)19)8-9-25(13-23)20(28)10-14-12-31-22-24-17-6-3-5-15(17)21(29)26(14)22/h1-2,4,7,14H,3,5-6,8-13H2. The Morgan fingerprint density at radius 2 is 2.13 bits per heavy atom. The van der Waals surface area contributed by atoms with Crippen molar-refractivity contribution in [3.8, 4) is 5.75 Å². The van der Waals surface area contributed by atoms with Crippen molar-refractivity contribution in [1.82, 2.24) is 14.5 Å². The van der Waals surface area contributed by atoms with Crippen LogP contribution in [0.15, 0.2) is 34.2 Å². The average Bonchev–Trinajstić information content (AvgIpc) is 3.48. The van der Waals surface area contributed by atoms with Crippen molar-refractivity contribution in [3.05, 3.63) is 51.4 Å². The number of carbonyl (C=O) groups is 2. The zero-order valence-corrected chi connectivity index (χ0v) is 18.0. The van der Waals surface area contributed by atoms with Gasteiger partial charge in [0, 0.05) is 30.7 Å². The van der Waals surface area contributed by atoms with Crippen molar-refractivity contribution in [2.24, 2.45) is 0 Å². The van der Waals surface area contributed by atoms with Crippen molar-refractivity contribution < 1.29 is 14.3 Å². The van der Waals surface area contributed by atoms with Crippen LogP contribution in [0.4, 0.5) is 0 Å². The first-order chi connectivity index (χ1) is 15.0. The van der Waals surface area contributed by atoms with Crippen LogP contribution in [0.5, 0.6) is 5.75 Å². The summed E-state index contributed by atoms with van der Waals surface area (Å²) in [7, 11) is 0. The minimum Gasteiger partial charge on any atom is -0.484 e. The number of aromatic nitrogens is 2. The fourth-order valence-electron chi connectivity index (χ4n) is 5.36. The first-order valence-electron chi connectivity index (χ1n) is 10.9. The Morgan fingerprint density at radius 1 is 1.26 bits per heavy atom. The number of amides is 1. The van der Waals surface area contributed by atoms with Crippen LogP contribution in [-0.2, 0) is 17.6 Å². The lowest BCUT2D eigenvalue weighted by atomic mass is 9.89. The van der Waals surface area contributed by atoms with Gasteiger partial charge in [0.2, 0.25) is 5.91 Å². The van der Waals surface area contributed by atoms with E-state index in [1.807, 2.05) is 18.2 Å². The molecule has 0 saturated carbocycles. The van der Waals surface area contributed by atoms with Gasteiger partial charge in [0.1, 0.15) is 11.4 Å². The number of ether oxygens (including phenoxy) is 1. The van der Waals surface area contributed by atoms with Gasteiger partial charge in [-0.15, -0.1) is 0 Å². The van der Waals surface area contributed by atoms with E-state index in [-0.39, 0.29) is 29.7 Å². The molecule has 1 fully saturated rings. The Balaban J connectivity index is 1.19. The van der Waals surface area contributed by atoms with Crippen LogP contribution in [0.2, 0.25) is 0 Å². The largest absolute Gasteiger partial charge is 0.484 e. The Morgan fingerprint density at radius 3 is 3.03 bits per heavy atom. The minimum absolute atomic E-state index is 0.0117. The molecule has 4 aliphatic rings. The van der Waals surface area contributed by atoms with E-state index < -0.39 is 5.60 Å². The van der Waals surface area contributed by atoms with Crippen molar-refractivity contribution >= 4 is 23.5 Å². The molecule has 1 aliphatic carbocycles. The molecule has 2 atom stereocenters. The summed E-state index contributed by atoms with van der Waals surface area (Å²) >= 11 is 1.57. The van der Waals surface area contributed by atoms with Gasteiger partial charge in [-0.3, -0.25) is 19.0 Å². The molecule has 2 unspecified atom stereocenters. The third kappa shape index (κ3) is 3.03. The number of likely N-dealkylation sites (tertiary alicyclic amines) is 1. The predicted molar refractivity (Wildman–Crippen MR) is 115 cm³/mol. The van der Waals surface area contributed by atoms with Crippen LogP contribution in [0.3, 0.4) is 0 Å². The average molecular weight is 438 g/mol. The van der Waals surface area contributed by atoms with Crippen LogP contribution >= 0.6 is 11.8 Å². The van der Waals surface area contributed by atoms with Crippen LogP contribution in [0.25, 0.3) is 0 Å². The Bertz CT molecular complexity index is 1180. The molecule has 1 spiro atoms. The summed E-state index contributed by atoms with van der Waals surface area (Å²) in [6.45, 7) is 0.980. The van der Waals surface area contributed by atoms with Crippen molar-refractivity contribution in [2.75, 3.05) is 18.8 Å². The minimum atomic E-state index is -0.636. The number of rotatable bonds is 2. The van der Waals surface area contributed by atoms with Crippen LogP contribution in [0.1, 0.15) is 53.3 Å². The molecule has 7 nitrogen and oxygen atoms in total. The maximum atomic E-state index is 13.1. The number of Topliss-reactive ketones (excluding diaryl/α,β-unsaturated/α-hetero) is 1. The van der Waals surface area contributed by atoms with Crippen molar-refractivity contribution in [2.45, 2.75) is 55.3 Å². The van der Waals surface area contributed by atoms with E-state index >= 15 is 0 Å². The number of hydrogen-bond donors (Lipinski definition) is 0. The molecule has 1 saturated heterocycles. The highest BCUT2D eigenvalue weighted by Crippen LogP contribution is 2.40. The highest BCUT2D eigenvalue weighted by atomic mass is 32.2. The van der Waals surface area contributed by atoms with Crippen molar-refractivity contribution in [1.29, 1.82) is 0 Å². The summed E-state index contributed by atoms with van der Waals surface area (Å²) in [5.74, 6) is 1.39. The molecule has 1 aromatic carbocycles. The number of nitrogens with zero attached hydrogens (tertiary/aromatic N) is 3. The van der Waals surface area contributed by atoms with E-state index in [0.717, 1.165) is 35.7 Å². The fourth-order valence-corrected chi connectivity index (χ4v) is 6.52. The third-order valence-electron chi connectivity index (χ3n) is 6.95. The first kappa shape index (κ1) is 19.1. The van der Waals surface area contributed by atoms with Crippen molar-refractivity contribution in [3.63, 3.8) is 0 Å². The van der Waals surface area contributed by atoms with Gasteiger partial charge in [-0.2, -0.15) is 0 Å². The predicted octanol–water partition coefficient (Wildman–Crippen LogP) is 2.41. The molecule has 8 heteroatoms. The normalized spacial score (nSPS) is 26.0. The maximum Gasteiger partial charge on any atom is 0.257 e. The Hall–Kier alpha value is -2.61. The molecule has 160 valence electrons. The van der Waals surface area contributed by atoms with E-state index in [1.54, 1.807) is 27.3 Å². The highest BCUT2D eigenvalue weighted by molar-refractivity contribution is 7.99. The van der Waals surface area contributed by atoms with Crippen LogP contribution in [0, 0.1) is 0 Å². The molecular weight excluding hydrogens is 414 g/mol. The van der Waals surface area contributed by atoms with E-state index in [2.05, 4.69) is 0 Å². The number of benzene rings is 1. The number of hydrogen-bond acceptors (Lipinski definition) is 6. The molecule has 31 heavy (non-hydrogen) atoms. The summed E-state index contributed by atoms with van der Waals surface area (Å²) in [6, 6.07) is 7.15. The zero-order chi connectivity index (χ0) is 21.2. The molecule has 0 N–H and O–H groups in total. The lowest BCUT2D eigenvalue weighted by Gasteiger charge is -2.34. The summed E-state index contributed by atoms with van der Waals surface area (Å²) < 4.78 is 7.99. The van der Waals surface area contributed by atoms with E-state index in [4.69, 9.17) is 9.72 Å². The molecule has 0 bridgehead atoms. The zero-order valence-electron chi connectivity index (χ0n) is 17.1. The molecule has 3 aliphatic heterocycles. The lowest BCUT2D eigenvalue weighted by Crippen LogP contribution is -2.45. The second-order valence-corrected chi connectivity index (χ2v) is 9.95. The Labute approximate surface area is 183 Å². The number of fused-ring (bicyclic) bond motifs is 3. The van der Waals surface area contributed by atoms with Gasteiger partial charge in [0.15, 0.2) is 10.9 Å². The van der Waals surface area contributed by atoms with Gasteiger partial charge in [-0.25, -0.2) is 4.98 Å². The Kier molecular flexibility index (Phi) is 4.28. The molecule has 0 radical (unpaired) electrons. The summed E-state index contributed by atoms with van der Waals surface area (Å²) in [6.07, 6.45) is 3.86. The summed E-state index contributed by atoms with van der Waals surface area (Å²) in [5, 5.41) is 0.749. The van der Waals surface area contributed by atoms with E-state index in [0.29, 0.717) is 43.0 Å². The molecule has 4 heterocycles. The SMILES string of the molecule is O=C1CC2(CCN(C(=O)CC3CSc4nc5c(c(=O)n43)CCC5)C2)Oc2ccccc21. The maximum absolute atomic E-state index is 13.1. The first-order valence-corrected chi connectivity index (χ1v) is 11.9. The third-order valence-corrected chi connectivity index (χ3v) is 8.05. The van der Waals surface area contributed by atoms with Gasteiger partial charge >= 0.3 is 0 Å². The lowest BCUT2D eigenvalue weighted by molar-refractivity contribution is -0.131. The number of carbonyl (C=O) groups excluding carboxylic acids is 2. The van der Waals surface area contributed by atoms with Gasteiger partial charge in [0.25, 0.3) is 5.56 Å². The molecule has 1 amide bonds. The number of aryl methyl sites for hydroxylation is 1. The van der Waals surface area contributed by atoms with Gasteiger partial charge < -0.3 is 9.64 Å². The van der Waals surface area contributed by atoms with E-state index in [1.165, 1.54) is 0 Å². The number of ketones is 1. The van der Waals surface area contributed by atoms with Gasteiger partial charge in [0.05, 0.1) is 30.3 Å². The smallest absolute Gasteiger partial charge is 0.257 e. The quantitative estimate of drug-likeness (QED) is 0.671. The van der Waals surface area contributed by atoms with Gasteiger partial charge in [-0.1, -0.05) is 23.9 Å². The molecule has 1 aromatic heterocycles. The molecular formula is C23H23N3O4S. The highest BCUT2D eigenvalue weighted by Gasteiger charge is 2.47. The summed E-state index contributed by atoms with van der Waals surface area (Å²) in [4.78, 5) is 45.3. The van der Waals surface area contributed by atoms with Crippen LogP contribution < -0.4 is 10.3 Å². The monoisotopic (exact) mass is 437 g/mol. The molecule has 6 rings (SSSR count). The second-order valence-electron chi connectivity index (χ2n) is 8.96. The number of para-hydroxylation sites is 1. The van der Waals surface area contributed by atoms with Crippen LogP contribution in [-0.4, -0.2) is 50.6 Å². The topological polar surface area (TPSA) is 81.5 Å². The second kappa shape index (κ2) is 6.95. The van der Waals surface area contributed by atoms with E-state index in [9.17, 15) is 14.4 Å².